The van der Waals surface area contributed by atoms with Gasteiger partial charge in [-0.05, 0) is 13.3 Å². The van der Waals surface area contributed by atoms with Gasteiger partial charge in [0.15, 0.2) is 0 Å². The number of rotatable bonds is 4. The van der Waals surface area contributed by atoms with Gasteiger partial charge in [-0.3, -0.25) is 19.9 Å². The third-order valence-electron chi connectivity index (χ3n) is 2.36. The van der Waals surface area contributed by atoms with Crippen molar-refractivity contribution in [2.45, 2.75) is 26.2 Å². The average molecular weight is 224 g/mol. The molecule has 0 fully saturated rings. The van der Waals surface area contributed by atoms with Crippen molar-refractivity contribution < 1.29 is 14.8 Å². The maximum atomic E-state index is 10.9. The molecule has 1 rings (SSSR count). The molecule has 1 heterocycles. The number of carbonyl (C=O) groups is 1. The lowest BCUT2D eigenvalue weighted by molar-refractivity contribution is -0.385. The van der Waals surface area contributed by atoms with Gasteiger partial charge < -0.3 is 5.11 Å². The molecule has 0 radical (unpaired) electrons. The van der Waals surface area contributed by atoms with Crippen LogP contribution in [0.2, 0.25) is 0 Å². The number of nitrogens with zero attached hydrogens (tertiary/aromatic N) is 2. The monoisotopic (exact) mass is 224 g/mol. The van der Waals surface area contributed by atoms with Gasteiger partial charge in [-0.25, -0.2) is 0 Å². The van der Waals surface area contributed by atoms with Crippen molar-refractivity contribution >= 4 is 11.7 Å². The van der Waals surface area contributed by atoms with E-state index in [-0.39, 0.29) is 11.4 Å². The van der Waals surface area contributed by atoms with Crippen molar-refractivity contribution in [2.24, 2.45) is 0 Å². The highest BCUT2D eigenvalue weighted by molar-refractivity contribution is 5.75. The lowest BCUT2D eigenvalue weighted by atomic mass is 10.0. The van der Waals surface area contributed by atoms with Crippen molar-refractivity contribution in [3.8, 4) is 0 Å². The molecule has 0 aliphatic heterocycles. The number of nitro groups is 1. The Morgan fingerprint density at radius 2 is 2.31 bits per heavy atom. The first-order valence-electron chi connectivity index (χ1n) is 4.81. The zero-order valence-corrected chi connectivity index (χ0v) is 9.01. The number of aryl methyl sites for hydroxylation is 1. The predicted octanol–water partition coefficient (Wildman–Crippen LogP) is 1.88. The van der Waals surface area contributed by atoms with Gasteiger partial charge >= 0.3 is 5.97 Å². The number of aromatic nitrogens is 1. The maximum absolute atomic E-state index is 10.9. The second-order valence-corrected chi connectivity index (χ2v) is 3.45. The summed E-state index contributed by atoms with van der Waals surface area (Å²) in [6.45, 7) is 3.27. The Balaban J connectivity index is 3.21. The topological polar surface area (TPSA) is 93.3 Å². The molecule has 1 unspecified atom stereocenters. The molecular weight excluding hydrogens is 212 g/mol. The van der Waals surface area contributed by atoms with Crippen LogP contribution in [0.15, 0.2) is 12.3 Å². The average Bonchev–Trinajstić information content (AvgIpc) is 2.20. The number of pyridine rings is 1. The molecule has 86 valence electrons. The Labute approximate surface area is 92.1 Å². The molecule has 6 heteroatoms. The minimum Gasteiger partial charge on any atom is -0.481 e. The SMILES string of the molecule is CCC(C(=O)O)c1cc([N+](=O)[O-])c(C)cn1. The largest absolute Gasteiger partial charge is 0.481 e. The van der Waals surface area contributed by atoms with Crippen LogP contribution >= 0.6 is 0 Å². The van der Waals surface area contributed by atoms with Crippen molar-refractivity contribution in [1.82, 2.24) is 4.98 Å². The van der Waals surface area contributed by atoms with Crippen LogP contribution in [0.1, 0.15) is 30.5 Å². The Morgan fingerprint density at radius 3 is 2.75 bits per heavy atom. The smallest absolute Gasteiger partial charge is 0.312 e. The van der Waals surface area contributed by atoms with E-state index in [1.807, 2.05) is 0 Å². The molecule has 1 N–H and O–H groups in total. The zero-order chi connectivity index (χ0) is 12.3. The Bertz CT molecular complexity index is 431. The van der Waals surface area contributed by atoms with Crippen LogP contribution < -0.4 is 0 Å². The lowest BCUT2D eigenvalue weighted by Gasteiger charge is -2.09. The fraction of sp³-hybridized carbons (Fsp3) is 0.400. The molecule has 0 saturated carbocycles. The fourth-order valence-corrected chi connectivity index (χ4v) is 1.43. The van der Waals surface area contributed by atoms with E-state index in [1.54, 1.807) is 13.8 Å². The van der Waals surface area contributed by atoms with E-state index in [2.05, 4.69) is 4.98 Å². The van der Waals surface area contributed by atoms with Crippen LogP contribution in [-0.2, 0) is 4.79 Å². The summed E-state index contributed by atoms with van der Waals surface area (Å²) in [5, 5.41) is 19.6. The van der Waals surface area contributed by atoms with Crippen molar-refractivity contribution in [1.29, 1.82) is 0 Å². The van der Waals surface area contributed by atoms with Crippen molar-refractivity contribution in [3.63, 3.8) is 0 Å². The van der Waals surface area contributed by atoms with E-state index in [4.69, 9.17) is 5.11 Å². The van der Waals surface area contributed by atoms with Gasteiger partial charge in [-0.1, -0.05) is 6.92 Å². The molecule has 0 amide bonds. The fourth-order valence-electron chi connectivity index (χ4n) is 1.43. The number of hydrogen-bond donors (Lipinski definition) is 1. The number of carboxylic acid groups (broad SMARTS) is 1. The molecule has 0 spiro atoms. The summed E-state index contributed by atoms with van der Waals surface area (Å²) in [5.41, 5.74) is 0.561. The quantitative estimate of drug-likeness (QED) is 0.622. The molecule has 0 saturated heterocycles. The molecule has 1 aromatic heterocycles. The highest BCUT2D eigenvalue weighted by atomic mass is 16.6. The van der Waals surface area contributed by atoms with E-state index in [0.29, 0.717) is 12.0 Å². The summed E-state index contributed by atoms with van der Waals surface area (Å²) in [7, 11) is 0. The van der Waals surface area contributed by atoms with E-state index in [9.17, 15) is 14.9 Å². The molecule has 0 bridgehead atoms. The highest BCUT2D eigenvalue weighted by Gasteiger charge is 2.22. The van der Waals surface area contributed by atoms with Crippen molar-refractivity contribution in [3.05, 3.63) is 33.6 Å². The summed E-state index contributed by atoms with van der Waals surface area (Å²) >= 11 is 0. The Kier molecular flexibility index (Phi) is 3.55. The summed E-state index contributed by atoms with van der Waals surface area (Å²) in [4.78, 5) is 25.0. The van der Waals surface area contributed by atoms with Crippen LogP contribution in [0.25, 0.3) is 0 Å². The normalized spacial score (nSPS) is 12.1. The molecule has 16 heavy (non-hydrogen) atoms. The van der Waals surface area contributed by atoms with Crippen LogP contribution in [0.3, 0.4) is 0 Å². The van der Waals surface area contributed by atoms with Gasteiger partial charge in [0.1, 0.15) is 0 Å². The van der Waals surface area contributed by atoms with Crippen LogP contribution in [0.5, 0.6) is 0 Å². The zero-order valence-electron chi connectivity index (χ0n) is 9.01. The Hall–Kier alpha value is -1.98. The van der Waals surface area contributed by atoms with Gasteiger partial charge in [-0.2, -0.15) is 0 Å². The first kappa shape index (κ1) is 12.1. The van der Waals surface area contributed by atoms with E-state index in [0.717, 1.165) is 0 Å². The number of aliphatic carboxylic acids is 1. The highest BCUT2D eigenvalue weighted by Crippen LogP contribution is 2.24. The number of hydrogen-bond acceptors (Lipinski definition) is 4. The third-order valence-corrected chi connectivity index (χ3v) is 2.36. The Morgan fingerprint density at radius 1 is 1.69 bits per heavy atom. The van der Waals surface area contributed by atoms with Gasteiger partial charge in [0.2, 0.25) is 0 Å². The first-order chi connectivity index (χ1) is 7.47. The number of carboxylic acids is 1. The molecule has 6 nitrogen and oxygen atoms in total. The van der Waals surface area contributed by atoms with Crippen LogP contribution in [0, 0.1) is 17.0 Å². The minimum atomic E-state index is -1.02. The minimum absolute atomic E-state index is 0.0929. The maximum Gasteiger partial charge on any atom is 0.312 e. The lowest BCUT2D eigenvalue weighted by Crippen LogP contribution is -2.12. The predicted molar refractivity (Wildman–Crippen MR) is 56.3 cm³/mol. The van der Waals surface area contributed by atoms with E-state index >= 15 is 0 Å². The van der Waals surface area contributed by atoms with Crippen LogP contribution in [-0.4, -0.2) is 21.0 Å². The second-order valence-electron chi connectivity index (χ2n) is 3.45. The molecule has 1 atom stereocenters. The van der Waals surface area contributed by atoms with Crippen LogP contribution in [0.4, 0.5) is 5.69 Å². The summed E-state index contributed by atoms with van der Waals surface area (Å²) < 4.78 is 0. The second kappa shape index (κ2) is 4.69. The summed E-state index contributed by atoms with van der Waals surface area (Å²) in [5.74, 6) is -1.81. The van der Waals surface area contributed by atoms with E-state index < -0.39 is 16.8 Å². The van der Waals surface area contributed by atoms with Gasteiger partial charge in [-0.15, -0.1) is 0 Å². The van der Waals surface area contributed by atoms with Gasteiger partial charge in [0.05, 0.1) is 16.5 Å². The van der Waals surface area contributed by atoms with Gasteiger partial charge in [0.25, 0.3) is 5.69 Å². The summed E-state index contributed by atoms with van der Waals surface area (Å²) in [6.07, 6.45) is 1.68. The third kappa shape index (κ3) is 2.33. The first-order valence-corrected chi connectivity index (χ1v) is 4.81. The van der Waals surface area contributed by atoms with Gasteiger partial charge in [0, 0.05) is 17.8 Å². The van der Waals surface area contributed by atoms with E-state index in [1.165, 1.54) is 12.3 Å². The molecule has 1 aromatic rings. The molecule has 0 aliphatic rings. The van der Waals surface area contributed by atoms with Crippen molar-refractivity contribution in [2.75, 3.05) is 0 Å². The molecule has 0 aromatic carbocycles. The summed E-state index contributed by atoms with van der Waals surface area (Å²) in [6, 6.07) is 1.23. The molecular formula is C10H12N2O4. The standard InChI is InChI=1S/C10H12N2O4/c1-3-7(10(13)14)8-4-9(12(15)16)6(2)5-11-8/h4-5,7H,3H2,1-2H3,(H,13,14). The molecule has 0 aliphatic carbocycles.